The van der Waals surface area contributed by atoms with Crippen LogP contribution in [0.1, 0.15) is 51.1 Å². The zero-order valence-electron chi connectivity index (χ0n) is 20.6. The van der Waals surface area contributed by atoms with Crippen molar-refractivity contribution >= 4 is 5.69 Å². The second kappa shape index (κ2) is 12.6. The van der Waals surface area contributed by atoms with Crippen LogP contribution in [0.25, 0.3) is 11.1 Å². The van der Waals surface area contributed by atoms with Crippen molar-refractivity contribution in [1.82, 2.24) is 15.3 Å². The third-order valence-electron chi connectivity index (χ3n) is 7.18. The van der Waals surface area contributed by atoms with E-state index in [-0.39, 0.29) is 5.82 Å². The molecule has 0 amide bonds. The minimum atomic E-state index is -0.299. The average Bonchev–Trinajstić information content (AvgIpc) is 2.86. The Balaban J connectivity index is 1.34. The summed E-state index contributed by atoms with van der Waals surface area (Å²) in [5.41, 5.74) is 3.26. The molecule has 7 heteroatoms. The first-order valence-electron chi connectivity index (χ1n) is 12.8. The predicted octanol–water partition coefficient (Wildman–Crippen LogP) is 4.85. The molecule has 1 aliphatic carbocycles. The van der Waals surface area contributed by atoms with Crippen molar-refractivity contribution in [2.75, 3.05) is 38.8 Å². The fourth-order valence-corrected chi connectivity index (χ4v) is 5.24. The van der Waals surface area contributed by atoms with E-state index in [0.29, 0.717) is 29.5 Å². The topological polar surface area (TPSA) is 68.3 Å². The number of nitrogens with one attached hydrogen (secondary N) is 2. The maximum absolute atomic E-state index is 14.7. The van der Waals surface area contributed by atoms with Crippen molar-refractivity contribution in [1.29, 1.82) is 0 Å². The average molecular weight is 471 g/mol. The van der Waals surface area contributed by atoms with E-state index in [1.165, 1.54) is 19.0 Å². The summed E-state index contributed by atoms with van der Waals surface area (Å²) >= 11 is 0. The van der Waals surface area contributed by atoms with Crippen LogP contribution >= 0.6 is 0 Å². The van der Waals surface area contributed by atoms with Crippen LogP contribution in [-0.4, -0.2) is 55.5 Å². The third kappa shape index (κ3) is 7.20. The smallest absolute Gasteiger partial charge is 0.149 e. The summed E-state index contributed by atoms with van der Waals surface area (Å²) in [5.74, 6) is 0.898. The van der Waals surface area contributed by atoms with Gasteiger partial charge in [0.1, 0.15) is 5.82 Å². The van der Waals surface area contributed by atoms with Crippen molar-refractivity contribution in [2.45, 2.75) is 64.0 Å². The van der Waals surface area contributed by atoms with Crippen LogP contribution in [-0.2, 0) is 15.9 Å². The lowest BCUT2D eigenvalue weighted by molar-refractivity contribution is 0.0699. The molecule has 2 aromatic heterocycles. The minimum Gasteiger partial charge on any atom is -0.384 e. The van der Waals surface area contributed by atoms with E-state index in [1.807, 2.05) is 18.3 Å². The van der Waals surface area contributed by atoms with Gasteiger partial charge in [0, 0.05) is 68.2 Å². The van der Waals surface area contributed by atoms with Crippen molar-refractivity contribution in [2.24, 2.45) is 11.8 Å². The molecule has 1 atom stereocenters. The molecular weight excluding hydrogens is 431 g/mol. The summed E-state index contributed by atoms with van der Waals surface area (Å²) in [6.45, 7) is 5.47. The Labute approximate surface area is 203 Å². The molecule has 186 valence electrons. The maximum atomic E-state index is 14.7. The lowest BCUT2D eigenvalue weighted by Gasteiger charge is -2.31. The lowest BCUT2D eigenvalue weighted by atomic mass is 9.83. The fraction of sp³-hybridized carbons (Fsp3) is 0.630. The second-order valence-electron chi connectivity index (χ2n) is 10.00. The molecule has 6 nitrogen and oxygen atoms in total. The van der Waals surface area contributed by atoms with Crippen LogP contribution in [0, 0.1) is 17.7 Å². The van der Waals surface area contributed by atoms with Gasteiger partial charge in [0.25, 0.3) is 0 Å². The van der Waals surface area contributed by atoms with E-state index < -0.39 is 0 Å². The Morgan fingerprint density at radius 3 is 2.62 bits per heavy atom. The number of nitrogens with zero attached hydrogens (tertiary/aromatic N) is 2. The molecule has 1 saturated heterocycles. The minimum absolute atomic E-state index is 0.299. The van der Waals surface area contributed by atoms with E-state index in [1.54, 1.807) is 13.3 Å². The maximum Gasteiger partial charge on any atom is 0.149 e. The van der Waals surface area contributed by atoms with E-state index in [4.69, 9.17) is 9.47 Å². The van der Waals surface area contributed by atoms with Gasteiger partial charge in [-0.3, -0.25) is 9.97 Å². The first-order chi connectivity index (χ1) is 16.6. The Bertz CT molecular complexity index is 898. The quantitative estimate of drug-likeness (QED) is 0.518. The molecule has 0 unspecified atom stereocenters. The predicted molar refractivity (Wildman–Crippen MR) is 133 cm³/mol. The number of pyridine rings is 2. The number of hydrogen-bond acceptors (Lipinski definition) is 6. The van der Waals surface area contributed by atoms with Gasteiger partial charge in [0.05, 0.1) is 18.5 Å². The number of methoxy groups -OCH3 is 1. The highest BCUT2D eigenvalue weighted by molar-refractivity contribution is 5.67. The first-order valence-corrected chi connectivity index (χ1v) is 12.8. The highest BCUT2D eigenvalue weighted by Crippen LogP contribution is 2.30. The van der Waals surface area contributed by atoms with E-state index >= 15 is 0 Å². The highest BCUT2D eigenvalue weighted by Gasteiger charge is 2.23. The molecule has 1 aliphatic heterocycles. The molecular formula is C27H39FN4O2. The monoisotopic (exact) mass is 470 g/mol. The fourth-order valence-electron chi connectivity index (χ4n) is 5.24. The molecule has 0 spiro atoms. The summed E-state index contributed by atoms with van der Waals surface area (Å²) in [5, 5.41) is 7.15. The van der Waals surface area contributed by atoms with Gasteiger partial charge in [0.2, 0.25) is 0 Å². The number of hydrogen-bond donors (Lipinski definition) is 2. The largest absolute Gasteiger partial charge is 0.384 e. The van der Waals surface area contributed by atoms with E-state index in [9.17, 15) is 4.39 Å². The molecule has 2 fully saturated rings. The van der Waals surface area contributed by atoms with Gasteiger partial charge in [-0.05, 0) is 75.8 Å². The second-order valence-corrected chi connectivity index (χ2v) is 10.00. The first kappa shape index (κ1) is 25.0. The SMILES string of the molecule is COC[C@@H](C)NC1CCC(Cc2cc(-c3cncc(NCC4CCOCC4)c3)c(F)cn2)CC1. The molecule has 4 rings (SSSR count). The molecule has 34 heavy (non-hydrogen) atoms. The Hall–Kier alpha value is -2.09. The van der Waals surface area contributed by atoms with Gasteiger partial charge < -0.3 is 20.1 Å². The summed E-state index contributed by atoms with van der Waals surface area (Å²) < 4.78 is 25.4. The van der Waals surface area contributed by atoms with Crippen molar-refractivity contribution in [3.05, 3.63) is 42.2 Å². The lowest BCUT2D eigenvalue weighted by Crippen LogP contribution is -2.41. The molecule has 3 heterocycles. The standard InChI is InChI=1S/C27H39FN4O2/c1-19(18-33-2)32-23-5-3-20(4-6-23)11-24-13-26(27(28)17-31-24)22-12-25(16-29-15-22)30-14-21-7-9-34-10-8-21/h12-13,15-17,19-21,23,30,32H,3-11,14,18H2,1-2H3/t19-,20?,23?/m1/s1. The third-order valence-corrected chi connectivity index (χ3v) is 7.18. The number of aromatic nitrogens is 2. The molecule has 1 saturated carbocycles. The number of halogens is 1. The summed E-state index contributed by atoms with van der Waals surface area (Å²) in [6, 6.07) is 4.84. The van der Waals surface area contributed by atoms with Crippen molar-refractivity contribution in [3.8, 4) is 11.1 Å². The molecule has 0 bridgehead atoms. The van der Waals surface area contributed by atoms with Gasteiger partial charge in [-0.2, -0.15) is 0 Å². The zero-order chi connectivity index (χ0) is 23.8. The highest BCUT2D eigenvalue weighted by atomic mass is 19.1. The number of ether oxygens (including phenoxy) is 2. The van der Waals surface area contributed by atoms with E-state index in [2.05, 4.69) is 27.5 Å². The zero-order valence-corrected chi connectivity index (χ0v) is 20.6. The Kier molecular flexibility index (Phi) is 9.25. The van der Waals surface area contributed by atoms with E-state index in [0.717, 1.165) is 75.4 Å². The summed E-state index contributed by atoms with van der Waals surface area (Å²) in [4.78, 5) is 8.78. The van der Waals surface area contributed by atoms with Crippen LogP contribution in [0.5, 0.6) is 0 Å². The number of anilines is 1. The van der Waals surface area contributed by atoms with Crippen molar-refractivity contribution < 1.29 is 13.9 Å². The van der Waals surface area contributed by atoms with Crippen LogP contribution in [0.2, 0.25) is 0 Å². The Morgan fingerprint density at radius 1 is 1.06 bits per heavy atom. The van der Waals surface area contributed by atoms with Gasteiger partial charge >= 0.3 is 0 Å². The molecule has 2 aliphatic rings. The molecule has 0 aromatic carbocycles. The Morgan fingerprint density at radius 2 is 1.85 bits per heavy atom. The normalized spacial score (nSPS) is 22.4. The van der Waals surface area contributed by atoms with Crippen LogP contribution in [0.3, 0.4) is 0 Å². The van der Waals surface area contributed by atoms with Crippen LogP contribution in [0.4, 0.5) is 10.1 Å². The van der Waals surface area contributed by atoms with Gasteiger partial charge in [-0.1, -0.05) is 0 Å². The van der Waals surface area contributed by atoms with Gasteiger partial charge in [-0.25, -0.2) is 4.39 Å². The van der Waals surface area contributed by atoms with Gasteiger partial charge in [0.15, 0.2) is 0 Å². The van der Waals surface area contributed by atoms with Crippen LogP contribution < -0.4 is 10.6 Å². The summed E-state index contributed by atoms with van der Waals surface area (Å²) in [7, 11) is 1.75. The van der Waals surface area contributed by atoms with Gasteiger partial charge in [-0.15, -0.1) is 0 Å². The van der Waals surface area contributed by atoms with Crippen LogP contribution in [0.15, 0.2) is 30.7 Å². The molecule has 2 N–H and O–H groups in total. The molecule has 2 aromatic rings. The molecule has 0 radical (unpaired) electrons. The number of rotatable bonds is 10. The van der Waals surface area contributed by atoms with Crippen molar-refractivity contribution in [3.63, 3.8) is 0 Å². The summed E-state index contributed by atoms with van der Waals surface area (Å²) in [6.07, 6.45) is 12.6.